The standard InChI is InChI=1S/C17H21N5O2/c1-24-16-14(11-19-12-20-16)21-17(23)22-10-4-2-3-5-15(22)13-6-8-18-9-7-13/h6-9,11-12,15H,2-5,10H2,1H3,(H,21,23). The van der Waals surface area contributed by atoms with Gasteiger partial charge in [-0.05, 0) is 30.5 Å². The first kappa shape index (κ1) is 16.2. The van der Waals surface area contributed by atoms with Crippen molar-refractivity contribution >= 4 is 11.7 Å². The molecule has 1 N–H and O–H groups in total. The smallest absolute Gasteiger partial charge is 0.322 e. The summed E-state index contributed by atoms with van der Waals surface area (Å²) in [5, 5.41) is 2.88. The molecule has 1 aliphatic heterocycles. The fourth-order valence-corrected chi connectivity index (χ4v) is 3.04. The number of ether oxygens (including phenoxy) is 1. The number of pyridine rings is 1. The van der Waals surface area contributed by atoms with E-state index in [4.69, 9.17) is 4.74 Å². The minimum Gasteiger partial charge on any atom is -0.479 e. The number of likely N-dealkylation sites (tertiary alicyclic amines) is 1. The van der Waals surface area contributed by atoms with Crippen LogP contribution in [0.25, 0.3) is 0 Å². The number of aromatic nitrogens is 3. The van der Waals surface area contributed by atoms with Crippen LogP contribution in [0.1, 0.15) is 37.3 Å². The molecule has 0 spiro atoms. The third-order valence-electron chi connectivity index (χ3n) is 4.22. The Hall–Kier alpha value is -2.70. The monoisotopic (exact) mass is 327 g/mol. The van der Waals surface area contributed by atoms with E-state index in [9.17, 15) is 4.79 Å². The summed E-state index contributed by atoms with van der Waals surface area (Å²) in [6, 6.07) is 3.84. The van der Waals surface area contributed by atoms with Gasteiger partial charge in [-0.15, -0.1) is 0 Å². The maximum Gasteiger partial charge on any atom is 0.322 e. The summed E-state index contributed by atoms with van der Waals surface area (Å²) in [7, 11) is 1.52. The zero-order valence-electron chi connectivity index (χ0n) is 13.7. The largest absolute Gasteiger partial charge is 0.479 e. The number of hydrogen-bond acceptors (Lipinski definition) is 5. The zero-order chi connectivity index (χ0) is 16.8. The van der Waals surface area contributed by atoms with Crippen molar-refractivity contribution in [3.05, 3.63) is 42.6 Å². The molecule has 3 heterocycles. The minimum atomic E-state index is -0.160. The van der Waals surface area contributed by atoms with Crippen molar-refractivity contribution in [3.8, 4) is 5.88 Å². The molecule has 126 valence electrons. The Morgan fingerprint density at radius 1 is 1.25 bits per heavy atom. The molecular formula is C17H21N5O2. The van der Waals surface area contributed by atoms with Crippen molar-refractivity contribution in [2.75, 3.05) is 19.0 Å². The van der Waals surface area contributed by atoms with E-state index in [0.29, 0.717) is 11.6 Å². The summed E-state index contributed by atoms with van der Waals surface area (Å²) in [6.45, 7) is 0.717. The molecule has 1 saturated heterocycles. The first-order chi connectivity index (χ1) is 11.8. The predicted octanol–water partition coefficient (Wildman–Crippen LogP) is 3.03. The fraction of sp³-hybridized carbons (Fsp3) is 0.412. The molecule has 0 aromatic carbocycles. The van der Waals surface area contributed by atoms with Gasteiger partial charge in [0, 0.05) is 18.9 Å². The minimum absolute atomic E-state index is 0.0473. The van der Waals surface area contributed by atoms with Crippen molar-refractivity contribution in [2.45, 2.75) is 31.7 Å². The molecule has 0 saturated carbocycles. The Bertz CT molecular complexity index is 680. The van der Waals surface area contributed by atoms with E-state index in [-0.39, 0.29) is 12.1 Å². The summed E-state index contributed by atoms with van der Waals surface area (Å²) in [6.07, 6.45) is 10.6. The van der Waals surface area contributed by atoms with Gasteiger partial charge in [0.05, 0.1) is 19.3 Å². The van der Waals surface area contributed by atoms with E-state index < -0.39 is 0 Å². The van der Waals surface area contributed by atoms with Gasteiger partial charge in [-0.2, -0.15) is 4.98 Å². The number of nitrogens with one attached hydrogen (secondary N) is 1. The normalized spacial score (nSPS) is 17.9. The van der Waals surface area contributed by atoms with Gasteiger partial charge in [-0.25, -0.2) is 9.78 Å². The van der Waals surface area contributed by atoms with Gasteiger partial charge in [-0.1, -0.05) is 12.8 Å². The Kier molecular flexibility index (Phi) is 5.20. The highest BCUT2D eigenvalue weighted by Crippen LogP contribution is 2.31. The molecule has 0 radical (unpaired) electrons. The van der Waals surface area contributed by atoms with Gasteiger partial charge in [-0.3, -0.25) is 4.98 Å². The maximum absolute atomic E-state index is 12.9. The van der Waals surface area contributed by atoms with Crippen LogP contribution in [0.5, 0.6) is 5.88 Å². The summed E-state index contributed by atoms with van der Waals surface area (Å²) in [5.41, 5.74) is 1.58. The van der Waals surface area contributed by atoms with Crippen molar-refractivity contribution < 1.29 is 9.53 Å². The second-order valence-corrected chi connectivity index (χ2v) is 5.71. The van der Waals surface area contributed by atoms with Crippen LogP contribution < -0.4 is 10.1 Å². The average molecular weight is 327 g/mol. The molecule has 3 rings (SSSR count). The number of hydrogen-bond donors (Lipinski definition) is 1. The third kappa shape index (κ3) is 3.61. The van der Waals surface area contributed by atoms with Gasteiger partial charge in [0.25, 0.3) is 0 Å². The lowest BCUT2D eigenvalue weighted by atomic mass is 10.0. The van der Waals surface area contributed by atoms with Gasteiger partial charge in [0.1, 0.15) is 12.0 Å². The highest BCUT2D eigenvalue weighted by Gasteiger charge is 2.27. The summed E-state index contributed by atoms with van der Waals surface area (Å²) in [5.74, 6) is 0.355. The Morgan fingerprint density at radius 3 is 2.88 bits per heavy atom. The van der Waals surface area contributed by atoms with Gasteiger partial charge >= 0.3 is 6.03 Å². The van der Waals surface area contributed by atoms with Crippen LogP contribution in [0.2, 0.25) is 0 Å². The van der Waals surface area contributed by atoms with Gasteiger partial charge in [0.15, 0.2) is 0 Å². The van der Waals surface area contributed by atoms with Crippen molar-refractivity contribution in [1.82, 2.24) is 19.9 Å². The van der Waals surface area contributed by atoms with E-state index in [1.807, 2.05) is 17.0 Å². The summed E-state index contributed by atoms with van der Waals surface area (Å²) in [4.78, 5) is 26.8. The number of methoxy groups -OCH3 is 1. The van der Waals surface area contributed by atoms with E-state index in [1.54, 1.807) is 18.6 Å². The molecule has 2 aromatic heterocycles. The zero-order valence-corrected chi connectivity index (χ0v) is 13.7. The Morgan fingerprint density at radius 2 is 2.08 bits per heavy atom. The van der Waals surface area contributed by atoms with E-state index in [0.717, 1.165) is 37.8 Å². The molecule has 1 fully saturated rings. The number of rotatable bonds is 3. The Labute approximate surface area is 141 Å². The van der Waals surface area contributed by atoms with Crippen LogP contribution in [0, 0.1) is 0 Å². The quantitative estimate of drug-likeness (QED) is 0.937. The predicted molar refractivity (Wildman–Crippen MR) is 89.8 cm³/mol. The lowest BCUT2D eigenvalue weighted by Gasteiger charge is -2.30. The molecule has 1 atom stereocenters. The number of carbonyl (C=O) groups is 1. The molecule has 7 heteroatoms. The SMILES string of the molecule is COc1ncncc1NC(=O)N1CCCCCC1c1ccncc1. The molecule has 1 unspecified atom stereocenters. The molecule has 2 amide bonds. The van der Waals surface area contributed by atoms with Gasteiger partial charge < -0.3 is 15.0 Å². The molecule has 0 bridgehead atoms. The van der Waals surface area contributed by atoms with E-state index in [1.165, 1.54) is 13.4 Å². The highest BCUT2D eigenvalue weighted by molar-refractivity contribution is 5.90. The van der Waals surface area contributed by atoms with Crippen molar-refractivity contribution in [2.24, 2.45) is 0 Å². The van der Waals surface area contributed by atoms with E-state index in [2.05, 4.69) is 20.3 Å². The van der Waals surface area contributed by atoms with Crippen molar-refractivity contribution in [3.63, 3.8) is 0 Å². The van der Waals surface area contributed by atoms with Crippen molar-refractivity contribution in [1.29, 1.82) is 0 Å². The molecular weight excluding hydrogens is 306 g/mol. The molecule has 24 heavy (non-hydrogen) atoms. The lowest BCUT2D eigenvalue weighted by Crippen LogP contribution is -2.38. The van der Waals surface area contributed by atoms with Crippen LogP contribution >= 0.6 is 0 Å². The number of urea groups is 1. The Balaban J connectivity index is 1.82. The molecule has 7 nitrogen and oxygen atoms in total. The first-order valence-corrected chi connectivity index (χ1v) is 8.11. The maximum atomic E-state index is 12.9. The highest BCUT2D eigenvalue weighted by atomic mass is 16.5. The molecule has 0 aliphatic carbocycles. The lowest BCUT2D eigenvalue weighted by molar-refractivity contribution is 0.189. The van der Waals surface area contributed by atoms with Crippen LogP contribution in [-0.2, 0) is 0 Å². The van der Waals surface area contributed by atoms with Crippen LogP contribution in [-0.4, -0.2) is 39.5 Å². The average Bonchev–Trinajstić information content (AvgIpc) is 2.89. The van der Waals surface area contributed by atoms with Crippen LogP contribution in [0.3, 0.4) is 0 Å². The summed E-state index contributed by atoms with van der Waals surface area (Å²) < 4.78 is 5.18. The number of carbonyl (C=O) groups excluding carboxylic acids is 1. The van der Waals surface area contributed by atoms with Gasteiger partial charge in [0.2, 0.25) is 5.88 Å². The topological polar surface area (TPSA) is 80.2 Å². The second kappa shape index (κ2) is 7.72. The number of nitrogens with zero attached hydrogens (tertiary/aromatic N) is 4. The fourth-order valence-electron chi connectivity index (χ4n) is 3.04. The molecule has 2 aromatic rings. The van der Waals surface area contributed by atoms with Crippen LogP contribution in [0.4, 0.5) is 10.5 Å². The van der Waals surface area contributed by atoms with Crippen LogP contribution in [0.15, 0.2) is 37.1 Å². The van der Waals surface area contributed by atoms with E-state index >= 15 is 0 Å². The second-order valence-electron chi connectivity index (χ2n) is 5.71. The first-order valence-electron chi connectivity index (χ1n) is 8.11. The third-order valence-corrected chi connectivity index (χ3v) is 4.22. The summed E-state index contributed by atoms with van der Waals surface area (Å²) >= 11 is 0. The number of amides is 2. The number of anilines is 1. The molecule has 1 aliphatic rings.